The lowest BCUT2D eigenvalue weighted by Gasteiger charge is -2.33. The van der Waals surface area contributed by atoms with Crippen molar-refractivity contribution in [2.24, 2.45) is 0 Å². The molecule has 2 rings (SSSR count). The fraction of sp³-hybridized carbons (Fsp3) is 0.714. The third kappa shape index (κ3) is 2.52. The zero-order valence-electron chi connectivity index (χ0n) is 11.9. The minimum atomic E-state index is -0.731. The van der Waals surface area contributed by atoms with Crippen molar-refractivity contribution in [2.75, 3.05) is 6.54 Å². The topological polar surface area (TPSA) is 66.6 Å². The van der Waals surface area contributed by atoms with E-state index in [-0.39, 0.29) is 0 Å². The first kappa shape index (κ1) is 14.1. The molecule has 1 aliphatic rings. The Hall–Kier alpha value is -1.36. The summed E-state index contributed by atoms with van der Waals surface area (Å²) in [7, 11) is 0. The highest BCUT2D eigenvalue weighted by Gasteiger charge is 2.47. The van der Waals surface area contributed by atoms with Gasteiger partial charge < -0.3 is 9.52 Å². The van der Waals surface area contributed by atoms with E-state index in [9.17, 15) is 9.90 Å². The van der Waals surface area contributed by atoms with Crippen LogP contribution in [0.2, 0.25) is 0 Å². The van der Waals surface area contributed by atoms with Crippen LogP contribution in [0, 0.1) is 13.8 Å². The maximum absolute atomic E-state index is 11.7. The molecule has 1 aliphatic heterocycles. The minimum absolute atomic E-state index is 0.487. The fourth-order valence-corrected chi connectivity index (χ4v) is 2.98. The summed E-state index contributed by atoms with van der Waals surface area (Å²) in [6.45, 7) is 7.10. The van der Waals surface area contributed by atoms with Gasteiger partial charge in [0.2, 0.25) is 5.89 Å². The lowest BCUT2D eigenvalue weighted by Crippen LogP contribution is -2.50. The second kappa shape index (κ2) is 5.33. The van der Waals surface area contributed by atoms with E-state index < -0.39 is 11.5 Å². The average molecular weight is 266 g/mol. The molecule has 0 saturated carbocycles. The number of aromatic nitrogens is 1. The van der Waals surface area contributed by atoms with Gasteiger partial charge in [0.15, 0.2) is 0 Å². The molecule has 0 amide bonds. The number of oxazole rings is 1. The molecule has 0 spiro atoms. The van der Waals surface area contributed by atoms with E-state index in [0.29, 0.717) is 18.9 Å². The van der Waals surface area contributed by atoms with Crippen LogP contribution in [0.5, 0.6) is 0 Å². The Morgan fingerprint density at radius 1 is 1.53 bits per heavy atom. The number of likely N-dealkylation sites (tertiary alicyclic amines) is 1. The van der Waals surface area contributed by atoms with E-state index in [0.717, 1.165) is 37.3 Å². The van der Waals surface area contributed by atoms with Crippen molar-refractivity contribution in [1.29, 1.82) is 0 Å². The summed E-state index contributed by atoms with van der Waals surface area (Å²) < 4.78 is 5.58. The molecule has 1 unspecified atom stereocenters. The Bertz CT molecular complexity index is 450. The maximum atomic E-state index is 11.7. The van der Waals surface area contributed by atoms with Gasteiger partial charge in [-0.15, -0.1) is 0 Å². The molecule has 5 heteroatoms. The minimum Gasteiger partial charge on any atom is -0.480 e. The SMILES string of the molecule is CCCC1(C(=O)O)CCCN1Cc1nc(C)c(C)o1. The second-order valence-electron chi connectivity index (χ2n) is 5.36. The molecule has 106 valence electrons. The average Bonchev–Trinajstić information content (AvgIpc) is 2.86. The number of hydrogen-bond donors (Lipinski definition) is 1. The summed E-state index contributed by atoms with van der Waals surface area (Å²) in [6, 6.07) is 0. The van der Waals surface area contributed by atoms with Crippen LogP contribution in [0.3, 0.4) is 0 Å². The van der Waals surface area contributed by atoms with Gasteiger partial charge in [-0.25, -0.2) is 4.98 Å². The van der Waals surface area contributed by atoms with Crippen molar-refractivity contribution in [3.8, 4) is 0 Å². The normalized spacial score (nSPS) is 23.9. The molecule has 1 N–H and O–H groups in total. The number of carboxylic acid groups (broad SMARTS) is 1. The summed E-state index contributed by atoms with van der Waals surface area (Å²) in [5, 5.41) is 9.61. The highest BCUT2D eigenvalue weighted by Crippen LogP contribution is 2.35. The smallest absolute Gasteiger partial charge is 0.324 e. The molecule has 1 aromatic rings. The number of aryl methyl sites for hydroxylation is 2. The largest absolute Gasteiger partial charge is 0.480 e. The summed E-state index contributed by atoms with van der Waals surface area (Å²) >= 11 is 0. The highest BCUT2D eigenvalue weighted by atomic mass is 16.4. The van der Waals surface area contributed by atoms with Gasteiger partial charge in [0, 0.05) is 0 Å². The van der Waals surface area contributed by atoms with Crippen molar-refractivity contribution in [1.82, 2.24) is 9.88 Å². The molecule has 2 heterocycles. The van der Waals surface area contributed by atoms with E-state index in [1.54, 1.807) is 0 Å². The summed E-state index contributed by atoms with van der Waals surface area (Å²) in [4.78, 5) is 18.1. The maximum Gasteiger partial charge on any atom is 0.324 e. The molecular formula is C14H22N2O3. The highest BCUT2D eigenvalue weighted by molar-refractivity contribution is 5.79. The molecule has 1 fully saturated rings. The van der Waals surface area contributed by atoms with Gasteiger partial charge >= 0.3 is 5.97 Å². The third-order valence-corrected chi connectivity index (χ3v) is 4.08. The van der Waals surface area contributed by atoms with Gasteiger partial charge in [-0.05, 0) is 39.7 Å². The van der Waals surface area contributed by atoms with E-state index in [1.807, 2.05) is 25.7 Å². The van der Waals surface area contributed by atoms with Gasteiger partial charge in [-0.2, -0.15) is 0 Å². The predicted molar refractivity (Wildman–Crippen MR) is 70.9 cm³/mol. The Kier molecular flexibility index (Phi) is 3.94. The van der Waals surface area contributed by atoms with Crippen molar-refractivity contribution < 1.29 is 14.3 Å². The van der Waals surface area contributed by atoms with Gasteiger partial charge in [0.25, 0.3) is 0 Å². The molecule has 1 aromatic heterocycles. The Morgan fingerprint density at radius 2 is 2.26 bits per heavy atom. The van der Waals surface area contributed by atoms with Gasteiger partial charge in [0.05, 0.1) is 12.2 Å². The zero-order valence-corrected chi connectivity index (χ0v) is 11.9. The predicted octanol–water partition coefficient (Wildman–Crippen LogP) is 2.51. The van der Waals surface area contributed by atoms with Gasteiger partial charge in [-0.1, -0.05) is 13.3 Å². The van der Waals surface area contributed by atoms with E-state index in [2.05, 4.69) is 4.98 Å². The Morgan fingerprint density at radius 3 is 2.79 bits per heavy atom. The van der Waals surface area contributed by atoms with E-state index >= 15 is 0 Å². The Labute approximate surface area is 113 Å². The van der Waals surface area contributed by atoms with E-state index in [1.165, 1.54) is 0 Å². The zero-order chi connectivity index (χ0) is 14.0. The van der Waals surface area contributed by atoms with Crippen LogP contribution in [-0.4, -0.2) is 33.0 Å². The van der Waals surface area contributed by atoms with Crippen molar-refractivity contribution in [3.05, 3.63) is 17.3 Å². The van der Waals surface area contributed by atoms with Gasteiger partial charge in [0.1, 0.15) is 11.3 Å². The first-order chi connectivity index (χ1) is 8.99. The standard InChI is InChI=1S/C14H22N2O3/c1-4-6-14(13(17)18)7-5-8-16(14)9-12-15-10(2)11(3)19-12/h4-9H2,1-3H3,(H,17,18). The molecule has 0 radical (unpaired) electrons. The molecule has 19 heavy (non-hydrogen) atoms. The first-order valence-corrected chi connectivity index (χ1v) is 6.91. The van der Waals surface area contributed by atoms with Gasteiger partial charge in [-0.3, -0.25) is 9.69 Å². The van der Waals surface area contributed by atoms with E-state index in [4.69, 9.17) is 4.42 Å². The monoisotopic (exact) mass is 266 g/mol. The van der Waals surface area contributed by atoms with Crippen LogP contribution in [0.25, 0.3) is 0 Å². The first-order valence-electron chi connectivity index (χ1n) is 6.91. The number of carboxylic acids is 1. The molecule has 1 atom stereocenters. The van der Waals surface area contributed by atoms with Crippen LogP contribution in [0.15, 0.2) is 4.42 Å². The number of hydrogen-bond acceptors (Lipinski definition) is 4. The molecule has 0 aromatic carbocycles. The number of rotatable bonds is 5. The van der Waals surface area contributed by atoms with Crippen LogP contribution in [0.1, 0.15) is 50.0 Å². The summed E-state index contributed by atoms with van der Waals surface area (Å²) in [5.41, 5.74) is 0.149. The second-order valence-corrected chi connectivity index (χ2v) is 5.36. The molecular weight excluding hydrogens is 244 g/mol. The number of carbonyl (C=O) groups is 1. The lowest BCUT2D eigenvalue weighted by molar-refractivity contribution is -0.150. The number of aliphatic carboxylic acids is 1. The van der Waals surface area contributed by atoms with Crippen molar-refractivity contribution in [3.63, 3.8) is 0 Å². The summed E-state index contributed by atoms with van der Waals surface area (Å²) in [6.07, 6.45) is 3.19. The molecule has 0 bridgehead atoms. The summed E-state index contributed by atoms with van der Waals surface area (Å²) in [5.74, 6) is 0.719. The van der Waals surface area contributed by atoms with Crippen molar-refractivity contribution >= 4 is 5.97 Å². The molecule has 0 aliphatic carbocycles. The molecule has 1 saturated heterocycles. The fourth-order valence-electron chi connectivity index (χ4n) is 2.98. The van der Waals surface area contributed by atoms with Crippen LogP contribution >= 0.6 is 0 Å². The lowest BCUT2D eigenvalue weighted by atomic mass is 9.90. The van der Waals surface area contributed by atoms with Crippen molar-refractivity contribution in [2.45, 2.75) is 58.5 Å². The van der Waals surface area contributed by atoms with Crippen LogP contribution in [0.4, 0.5) is 0 Å². The Balaban J connectivity index is 2.20. The van der Waals surface area contributed by atoms with Crippen LogP contribution < -0.4 is 0 Å². The third-order valence-electron chi connectivity index (χ3n) is 4.08. The van der Waals surface area contributed by atoms with Crippen LogP contribution in [-0.2, 0) is 11.3 Å². The quantitative estimate of drug-likeness (QED) is 0.887. The number of nitrogens with zero attached hydrogens (tertiary/aromatic N) is 2. The molecule has 5 nitrogen and oxygen atoms in total.